The van der Waals surface area contributed by atoms with Crippen LogP contribution in [0.25, 0.3) is 0 Å². The molecule has 0 N–H and O–H groups in total. The van der Waals surface area contributed by atoms with Crippen LogP contribution in [0.4, 0.5) is 35.1 Å². The molecule has 0 aliphatic heterocycles. The summed E-state index contributed by atoms with van der Waals surface area (Å²) in [5.74, 6) is -21.8. The Hall–Kier alpha value is -1.69. The zero-order valence-corrected chi connectivity index (χ0v) is 10.3. The lowest BCUT2D eigenvalue weighted by Crippen LogP contribution is -2.59. The topological polar surface area (TPSA) is 69.4 Å². The Bertz CT molecular complexity index is 469. The van der Waals surface area contributed by atoms with Gasteiger partial charge in [0.05, 0.1) is 0 Å². The van der Waals surface area contributed by atoms with E-state index in [1.165, 1.54) is 0 Å². The average molecular weight is 345 g/mol. The molecule has 128 valence electrons. The van der Waals surface area contributed by atoms with Crippen molar-refractivity contribution in [1.82, 2.24) is 0 Å². The fourth-order valence-electron chi connectivity index (χ4n) is 1.41. The highest BCUT2D eigenvalue weighted by Crippen LogP contribution is 2.48. The summed E-state index contributed by atoms with van der Waals surface area (Å²) in [6.07, 6.45) is -5.47. The summed E-state index contributed by atoms with van der Waals surface area (Å²) in [6, 6.07) is -1.44. The van der Waals surface area contributed by atoms with Gasteiger partial charge in [0.1, 0.15) is 5.92 Å². The molecule has 22 heavy (non-hydrogen) atoms. The molecule has 13 heteroatoms. The minimum Gasteiger partial charge on any atom is -0.459 e. The zero-order chi connectivity index (χ0) is 17.5. The van der Waals surface area contributed by atoms with Crippen LogP contribution in [0.3, 0.4) is 0 Å². The Morgan fingerprint density at radius 2 is 1.73 bits per heavy atom. The molecule has 1 rings (SSSR count). The van der Waals surface area contributed by atoms with Crippen LogP contribution in [0, 0.1) is 16.0 Å². The van der Waals surface area contributed by atoms with Gasteiger partial charge in [0, 0.05) is 11.3 Å². The second-order valence-electron chi connectivity index (χ2n) is 4.51. The maximum atomic E-state index is 13.0. The van der Waals surface area contributed by atoms with Gasteiger partial charge in [0.15, 0.2) is 6.61 Å². The van der Waals surface area contributed by atoms with Crippen molar-refractivity contribution < 1.29 is 49.6 Å². The van der Waals surface area contributed by atoms with E-state index in [1.807, 2.05) is 0 Å². The third kappa shape index (κ3) is 3.06. The third-order valence-electron chi connectivity index (χ3n) is 2.88. The highest BCUT2D eigenvalue weighted by atomic mass is 19.4. The minimum absolute atomic E-state index is 0.388. The Balaban J connectivity index is 2.71. The molecule has 1 saturated carbocycles. The van der Waals surface area contributed by atoms with Crippen LogP contribution < -0.4 is 0 Å². The van der Waals surface area contributed by atoms with E-state index in [0.717, 1.165) is 0 Å². The van der Waals surface area contributed by atoms with E-state index >= 15 is 0 Å². The van der Waals surface area contributed by atoms with Crippen LogP contribution in [-0.2, 0) is 9.53 Å². The third-order valence-corrected chi connectivity index (χ3v) is 2.88. The van der Waals surface area contributed by atoms with Crippen LogP contribution >= 0.6 is 0 Å². The number of rotatable bonds is 7. The largest absolute Gasteiger partial charge is 0.459 e. The van der Waals surface area contributed by atoms with Crippen LogP contribution in [0.5, 0.6) is 0 Å². The number of halogens is 8. The number of hydrogen-bond acceptors (Lipinski definition) is 4. The van der Waals surface area contributed by atoms with Gasteiger partial charge < -0.3 is 4.74 Å². The van der Waals surface area contributed by atoms with Crippen LogP contribution in [0.1, 0.15) is 6.42 Å². The summed E-state index contributed by atoms with van der Waals surface area (Å²) in [6.45, 7) is -2.61. The number of carbonyl (C=O) groups is 1. The van der Waals surface area contributed by atoms with Gasteiger partial charge in [-0.15, -0.1) is 0 Å². The average Bonchev–Trinajstić information content (AvgIpc) is 3.15. The summed E-state index contributed by atoms with van der Waals surface area (Å²) < 4.78 is 104. The van der Waals surface area contributed by atoms with Crippen LogP contribution in [0.2, 0.25) is 0 Å². The molecular weight excluding hydrogens is 338 g/mol. The number of hydrogen-bond donors (Lipinski definition) is 0. The maximum Gasteiger partial charge on any atom is 0.381 e. The number of nitro groups is 1. The number of ether oxygens (including phenoxy) is 1. The predicted octanol–water partition coefficient (Wildman–Crippen LogP) is 2.37. The van der Waals surface area contributed by atoms with Crippen LogP contribution in [0.15, 0.2) is 0 Å². The molecule has 0 amide bonds. The lowest BCUT2D eigenvalue weighted by atomic mass is 10.1. The quantitative estimate of drug-likeness (QED) is 0.307. The number of carbonyl (C=O) groups excluding carboxylic acids is 1. The molecule has 1 aliphatic rings. The van der Waals surface area contributed by atoms with Gasteiger partial charge in [-0.1, -0.05) is 0 Å². The fourth-order valence-corrected chi connectivity index (χ4v) is 1.41. The summed E-state index contributed by atoms with van der Waals surface area (Å²) >= 11 is 0. The molecule has 0 aromatic carbocycles. The van der Waals surface area contributed by atoms with Crippen molar-refractivity contribution in [3.05, 3.63) is 10.1 Å². The van der Waals surface area contributed by atoms with Crippen molar-refractivity contribution in [2.75, 3.05) is 6.61 Å². The highest BCUT2D eigenvalue weighted by Gasteiger charge is 2.75. The Morgan fingerprint density at radius 3 is 2.09 bits per heavy atom. The lowest BCUT2D eigenvalue weighted by molar-refractivity contribution is -0.497. The van der Waals surface area contributed by atoms with E-state index in [4.69, 9.17) is 0 Å². The molecule has 0 saturated heterocycles. The van der Waals surface area contributed by atoms with Gasteiger partial charge in [-0.25, -0.2) is 8.78 Å². The van der Waals surface area contributed by atoms with Gasteiger partial charge in [-0.05, 0) is 0 Å². The molecule has 2 atom stereocenters. The zero-order valence-electron chi connectivity index (χ0n) is 10.3. The van der Waals surface area contributed by atoms with Crippen molar-refractivity contribution in [2.45, 2.75) is 36.7 Å². The van der Waals surface area contributed by atoms with Gasteiger partial charge in [0.2, 0.25) is 6.04 Å². The normalized spacial score (nSPS) is 22.6. The minimum atomic E-state index is -6.49. The molecule has 0 unspecified atom stereocenters. The first-order valence-corrected chi connectivity index (χ1v) is 5.47. The SMILES string of the molecule is O=C(OCC(F)(F)C(F)(F)C(F)(F)C(F)F)[C@@H]1C[C@@H]1[N+](=O)[O-]. The first-order chi connectivity index (χ1) is 9.75. The molecule has 0 heterocycles. The lowest BCUT2D eigenvalue weighted by Gasteiger charge is -2.31. The molecular formula is C9H7F8NO4. The molecule has 0 spiro atoms. The van der Waals surface area contributed by atoms with Crippen molar-refractivity contribution in [2.24, 2.45) is 5.92 Å². The van der Waals surface area contributed by atoms with Gasteiger partial charge in [-0.2, -0.15) is 26.3 Å². The maximum absolute atomic E-state index is 13.0. The number of nitrogens with zero attached hydrogens (tertiary/aromatic N) is 1. The van der Waals surface area contributed by atoms with E-state index < -0.39 is 53.7 Å². The summed E-state index contributed by atoms with van der Waals surface area (Å²) in [4.78, 5) is 20.3. The molecule has 5 nitrogen and oxygen atoms in total. The van der Waals surface area contributed by atoms with E-state index in [0.29, 0.717) is 0 Å². The fraction of sp³-hybridized carbons (Fsp3) is 0.889. The molecule has 0 aromatic rings. The van der Waals surface area contributed by atoms with Gasteiger partial charge in [-0.3, -0.25) is 14.9 Å². The molecule has 0 aromatic heterocycles. The molecule has 0 radical (unpaired) electrons. The van der Waals surface area contributed by atoms with Crippen molar-refractivity contribution in [3.8, 4) is 0 Å². The summed E-state index contributed by atoms with van der Waals surface area (Å²) in [5, 5.41) is 10.2. The van der Waals surface area contributed by atoms with E-state index in [9.17, 15) is 50.0 Å². The Labute approximate surface area is 116 Å². The standard InChI is InChI=1S/C9H7F8NO4/c10-6(11)8(14,15)9(16,17)7(12,13)2-22-5(19)3-1-4(3)18(20)21/h3-4,6H,1-2H2/t3-,4+/m1/s1. The monoisotopic (exact) mass is 345 g/mol. The number of alkyl halides is 8. The van der Waals surface area contributed by atoms with Crippen molar-refractivity contribution >= 4 is 5.97 Å². The van der Waals surface area contributed by atoms with Crippen molar-refractivity contribution in [1.29, 1.82) is 0 Å². The van der Waals surface area contributed by atoms with Crippen molar-refractivity contribution in [3.63, 3.8) is 0 Å². The molecule has 0 bridgehead atoms. The van der Waals surface area contributed by atoms with Gasteiger partial charge in [0.25, 0.3) is 0 Å². The first kappa shape index (κ1) is 18.4. The summed E-state index contributed by atoms with van der Waals surface area (Å²) in [7, 11) is 0. The summed E-state index contributed by atoms with van der Waals surface area (Å²) in [5.41, 5.74) is 0. The van der Waals surface area contributed by atoms with E-state index in [2.05, 4.69) is 4.74 Å². The number of esters is 1. The second-order valence-corrected chi connectivity index (χ2v) is 4.51. The van der Waals surface area contributed by atoms with E-state index in [1.54, 1.807) is 0 Å². The highest BCUT2D eigenvalue weighted by molar-refractivity contribution is 5.76. The predicted molar refractivity (Wildman–Crippen MR) is 50.7 cm³/mol. The Morgan fingerprint density at radius 1 is 1.23 bits per heavy atom. The molecule has 1 fully saturated rings. The van der Waals surface area contributed by atoms with E-state index in [-0.39, 0.29) is 6.42 Å². The van der Waals surface area contributed by atoms with Gasteiger partial charge >= 0.3 is 30.2 Å². The smallest absolute Gasteiger partial charge is 0.381 e. The second kappa shape index (κ2) is 5.50. The van der Waals surface area contributed by atoms with Crippen LogP contribution in [-0.4, -0.2) is 47.7 Å². The Kier molecular flexibility index (Phi) is 4.59. The molecule has 1 aliphatic carbocycles. The first-order valence-electron chi connectivity index (χ1n) is 5.47.